The Balaban J connectivity index is 1.35. The number of fused-ring (bicyclic) bond motifs is 2. The first-order valence-corrected chi connectivity index (χ1v) is 9.94. The minimum absolute atomic E-state index is 0.248. The van der Waals surface area contributed by atoms with Crippen LogP contribution in [0.3, 0.4) is 0 Å². The standard InChI is InChI=1S/C21H22N6O/c22-19-7-15(3-4-23-19)24-8-16-11-26-9-13(12-1-2-12)6-18(20(26)25-16)27-10-14-5-17(14)21(27)28/h3-4,6-7,9,11-12,14,17H,1-2,5,8,10H2,(H3,22,23,24). The van der Waals surface area contributed by atoms with E-state index < -0.39 is 0 Å². The summed E-state index contributed by atoms with van der Waals surface area (Å²) in [7, 11) is 0. The Labute approximate surface area is 162 Å². The third kappa shape index (κ3) is 2.61. The predicted molar refractivity (Wildman–Crippen MR) is 107 cm³/mol. The van der Waals surface area contributed by atoms with E-state index in [9.17, 15) is 4.79 Å². The van der Waals surface area contributed by atoms with E-state index in [1.807, 2.05) is 17.0 Å². The van der Waals surface area contributed by atoms with Crippen molar-refractivity contribution in [2.24, 2.45) is 11.8 Å². The molecular formula is C21H22N6O. The molecule has 2 atom stereocenters. The molecule has 1 saturated heterocycles. The molecule has 3 aromatic rings. The molecule has 7 heteroatoms. The van der Waals surface area contributed by atoms with E-state index in [4.69, 9.17) is 10.7 Å². The molecule has 3 aliphatic rings. The zero-order valence-electron chi connectivity index (χ0n) is 15.5. The summed E-state index contributed by atoms with van der Waals surface area (Å²) in [6.45, 7) is 1.42. The summed E-state index contributed by atoms with van der Waals surface area (Å²) >= 11 is 0. The van der Waals surface area contributed by atoms with Crippen LogP contribution >= 0.6 is 0 Å². The Morgan fingerprint density at radius 1 is 1.25 bits per heavy atom. The SMILES string of the molecule is Nc1cc(NCc2cn3cc(C4CC4)cc(N4CC5CC5C4=O)c3n2)ccn1. The fourth-order valence-corrected chi connectivity index (χ4v) is 4.32. The largest absolute Gasteiger partial charge is 0.384 e. The number of piperidine rings is 1. The van der Waals surface area contributed by atoms with Crippen LogP contribution in [0.25, 0.3) is 5.65 Å². The third-order valence-corrected chi connectivity index (χ3v) is 6.12. The molecule has 0 aromatic carbocycles. The minimum atomic E-state index is 0.248. The number of nitrogens with zero attached hydrogens (tertiary/aromatic N) is 4. The van der Waals surface area contributed by atoms with Gasteiger partial charge in [-0.1, -0.05) is 0 Å². The van der Waals surface area contributed by atoms with Gasteiger partial charge >= 0.3 is 0 Å². The van der Waals surface area contributed by atoms with Crippen LogP contribution in [-0.2, 0) is 11.3 Å². The Hall–Kier alpha value is -3.09. The van der Waals surface area contributed by atoms with Crippen molar-refractivity contribution in [3.05, 3.63) is 48.0 Å². The number of rotatable bonds is 5. The number of nitrogen functional groups attached to an aromatic ring is 1. The second-order valence-corrected chi connectivity index (χ2v) is 8.27. The topological polar surface area (TPSA) is 88.5 Å². The number of anilines is 3. The minimum Gasteiger partial charge on any atom is -0.384 e. The molecule has 3 fully saturated rings. The quantitative estimate of drug-likeness (QED) is 0.717. The van der Waals surface area contributed by atoms with Gasteiger partial charge in [0.15, 0.2) is 5.65 Å². The molecule has 2 saturated carbocycles. The molecule has 7 nitrogen and oxygen atoms in total. The van der Waals surface area contributed by atoms with Gasteiger partial charge in [0.05, 0.1) is 17.9 Å². The molecule has 0 radical (unpaired) electrons. The van der Waals surface area contributed by atoms with Crippen LogP contribution in [0.2, 0.25) is 0 Å². The Morgan fingerprint density at radius 2 is 2.14 bits per heavy atom. The van der Waals surface area contributed by atoms with Gasteiger partial charge < -0.3 is 20.4 Å². The molecule has 4 heterocycles. The van der Waals surface area contributed by atoms with Crippen molar-refractivity contribution in [3.63, 3.8) is 0 Å². The molecule has 1 amide bonds. The van der Waals surface area contributed by atoms with E-state index in [0.29, 0.717) is 24.2 Å². The highest BCUT2D eigenvalue weighted by Gasteiger charge is 2.53. The summed E-state index contributed by atoms with van der Waals surface area (Å²) < 4.78 is 2.10. The molecule has 2 unspecified atom stereocenters. The van der Waals surface area contributed by atoms with E-state index in [0.717, 1.165) is 35.7 Å². The summed E-state index contributed by atoms with van der Waals surface area (Å²) in [5.74, 6) is 2.18. The first-order valence-electron chi connectivity index (χ1n) is 9.94. The van der Waals surface area contributed by atoms with Crippen molar-refractivity contribution in [1.82, 2.24) is 14.4 Å². The van der Waals surface area contributed by atoms with Gasteiger partial charge in [0, 0.05) is 42.8 Å². The van der Waals surface area contributed by atoms with Crippen molar-refractivity contribution >= 4 is 28.7 Å². The maximum atomic E-state index is 12.7. The number of carbonyl (C=O) groups is 1. The smallest absolute Gasteiger partial charge is 0.230 e. The molecule has 3 aromatic heterocycles. The highest BCUT2D eigenvalue weighted by Crippen LogP contribution is 2.49. The lowest BCUT2D eigenvalue weighted by Gasteiger charge is -2.20. The lowest BCUT2D eigenvalue weighted by atomic mass is 10.1. The fraction of sp³-hybridized carbons (Fsp3) is 0.381. The maximum Gasteiger partial charge on any atom is 0.230 e. The Morgan fingerprint density at radius 3 is 2.89 bits per heavy atom. The van der Waals surface area contributed by atoms with Crippen LogP contribution < -0.4 is 16.0 Å². The number of imidazole rings is 1. The fourth-order valence-electron chi connectivity index (χ4n) is 4.32. The molecule has 0 bridgehead atoms. The van der Waals surface area contributed by atoms with E-state index in [-0.39, 0.29) is 11.8 Å². The normalized spacial score (nSPS) is 23.3. The summed E-state index contributed by atoms with van der Waals surface area (Å²) in [6, 6.07) is 5.89. The number of pyridine rings is 2. The summed E-state index contributed by atoms with van der Waals surface area (Å²) in [6.07, 6.45) is 9.45. The zero-order chi connectivity index (χ0) is 18.8. The predicted octanol–water partition coefficient (Wildman–Crippen LogP) is 2.78. The zero-order valence-corrected chi connectivity index (χ0v) is 15.5. The highest BCUT2D eigenvalue weighted by atomic mass is 16.2. The maximum absolute atomic E-state index is 12.7. The second-order valence-electron chi connectivity index (χ2n) is 8.27. The first kappa shape index (κ1) is 15.9. The van der Waals surface area contributed by atoms with Crippen molar-refractivity contribution in [3.8, 4) is 0 Å². The van der Waals surface area contributed by atoms with E-state index in [2.05, 4.69) is 33.2 Å². The van der Waals surface area contributed by atoms with Crippen LogP contribution in [0.1, 0.15) is 36.4 Å². The third-order valence-electron chi connectivity index (χ3n) is 6.12. The molecule has 0 spiro atoms. The lowest BCUT2D eigenvalue weighted by Crippen LogP contribution is -2.28. The molecule has 2 aliphatic carbocycles. The monoisotopic (exact) mass is 374 g/mol. The van der Waals surface area contributed by atoms with Gasteiger partial charge in [-0.05, 0) is 48.8 Å². The van der Waals surface area contributed by atoms with Gasteiger partial charge in [-0.15, -0.1) is 0 Å². The molecular weight excluding hydrogens is 352 g/mol. The van der Waals surface area contributed by atoms with Crippen molar-refractivity contribution in [2.75, 3.05) is 22.5 Å². The second kappa shape index (κ2) is 5.70. The first-order chi connectivity index (χ1) is 13.7. The van der Waals surface area contributed by atoms with Crippen LogP contribution in [0.5, 0.6) is 0 Å². The Bertz CT molecular complexity index is 1100. The number of aromatic nitrogens is 3. The van der Waals surface area contributed by atoms with Crippen LogP contribution in [0, 0.1) is 11.8 Å². The summed E-state index contributed by atoms with van der Waals surface area (Å²) in [4.78, 5) is 23.5. The van der Waals surface area contributed by atoms with Crippen molar-refractivity contribution in [1.29, 1.82) is 0 Å². The molecule has 28 heavy (non-hydrogen) atoms. The number of amides is 1. The van der Waals surface area contributed by atoms with E-state index >= 15 is 0 Å². The lowest BCUT2D eigenvalue weighted by molar-refractivity contribution is -0.118. The van der Waals surface area contributed by atoms with Crippen molar-refractivity contribution < 1.29 is 4.79 Å². The van der Waals surface area contributed by atoms with Gasteiger partial charge in [0.2, 0.25) is 5.91 Å². The van der Waals surface area contributed by atoms with Crippen LogP contribution in [0.15, 0.2) is 36.8 Å². The average molecular weight is 374 g/mol. The van der Waals surface area contributed by atoms with Crippen LogP contribution in [0.4, 0.5) is 17.2 Å². The number of hydrogen-bond donors (Lipinski definition) is 2. The molecule has 6 rings (SSSR count). The van der Waals surface area contributed by atoms with Gasteiger partial charge in [-0.25, -0.2) is 9.97 Å². The van der Waals surface area contributed by atoms with Gasteiger partial charge in [0.1, 0.15) is 5.82 Å². The number of carbonyl (C=O) groups excluding carboxylic acids is 1. The number of hydrogen-bond acceptors (Lipinski definition) is 5. The van der Waals surface area contributed by atoms with Crippen molar-refractivity contribution in [2.45, 2.75) is 31.7 Å². The average Bonchev–Trinajstić information content (AvgIpc) is 3.60. The molecule has 1 aliphatic heterocycles. The van der Waals surface area contributed by atoms with Gasteiger partial charge in [-0.3, -0.25) is 4.79 Å². The highest BCUT2D eigenvalue weighted by molar-refractivity contribution is 6.02. The van der Waals surface area contributed by atoms with E-state index in [1.165, 1.54) is 18.4 Å². The summed E-state index contributed by atoms with van der Waals surface area (Å²) in [5, 5.41) is 3.35. The molecule has 3 N–H and O–H groups in total. The Kier molecular flexibility index (Phi) is 3.24. The van der Waals surface area contributed by atoms with Gasteiger partial charge in [0.25, 0.3) is 0 Å². The number of nitrogens with one attached hydrogen (secondary N) is 1. The molecule has 142 valence electrons. The number of nitrogens with two attached hydrogens (primary N) is 1. The van der Waals surface area contributed by atoms with E-state index in [1.54, 1.807) is 6.20 Å². The van der Waals surface area contributed by atoms with Gasteiger partial charge in [-0.2, -0.15) is 0 Å². The summed E-state index contributed by atoms with van der Waals surface area (Å²) in [5.41, 5.74) is 10.7. The van der Waals surface area contributed by atoms with Crippen LogP contribution in [-0.4, -0.2) is 26.8 Å².